The third-order valence-electron chi connectivity index (χ3n) is 5.22. The smallest absolute Gasteiger partial charge is 0.278 e. The van der Waals surface area contributed by atoms with Gasteiger partial charge in [-0.1, -0.05) is 60.2 Å². The summed E-state index contributed by atoms with van der Waals surface area (Å²) in [7, 11) is 1.86. The van der Waals surface area contributed by atoms with Crippen molar-refractivity contribution in [3.8, 4) is 0 Å². The lowest BCUT2D eigenvalue weighted by Gasteiger charge is -2.21. The minimum Gasteiger partial charge on any atom is -0.365 e. The number of carbonyl (C=O) groups is 2. The van der Waals surface area contributed by atoms with Crippen molar-refractivity contribution in [1.29, 1.82) is 0 Å². The van der Waals surface area contributed by atoms with E-state index in [1.807, 2.05) is 85.6 Å². The molecule has 0 atom stereocenters. The molecule has 2 amide bonds. The van der Waals surface area contributed by atoms with Crippen LogP contribution in [0.1, 0.15) is 22.3 Å². The van der Waals surface area contributed by atoms with Crippen molar-refractivity contribution in [1.82, 2.24) is 14.8 Å². The molecule has 0 bridgehead atoms. The van der Waals surface area contributed by atoms with Crippen LogP contribution < -0.4 is 0 Å². The van der Waals surface area contributed by atoms with Crippen LogP contribution in [0.25, 0.3) is 5.57 Å². The fraction of sp³-hybridized carbons (Fsp3) is 0.160. The lowest BCUT2D eigenvalue weighted by molar-refractivity contribution is -0.138. The summed E-state index contributed by atoms with van der Waals surface area (Å²) >= 11 is 0. The highest BCUT2D eigenvalue weighted by Crippen LogP contribution is 2.32. The van der Waals surface area contributed by atoms with Gasteiger partial charge in [-0.05, 0) is 35.7 Å². The van der Waals surface area contributed by atoms with Crippen molar-refractivity contribution < 1.29 is 9.59 Å². The largest absolute Gasteiger partial charge is 0.365 e. The van der Waals surface area contributed by atoms with Gasteiger partial charge in [0, 0.05) is 26.0 Å². The second kappa shape index (κ2) is 8.33. The molecule has 5 heteroatoms. The monoisotopic (exact) mass is 397 g/mol. The molecule has 0 saturated carbocycles. The Morgan fingerprint density at radius 2 is 1.50 bits per heavy atom. The van der Waals surface area contributed by atoms with Gasteiger partial charge in [0.25, 0.3) is 11.8 Å². The van der Waals surface area contributed by atoms with Crippen molar-refractivity contribution in [2.24, 2.45) is 0 Å². The predicted molar refractivity (Wildman–Crippen MR) is 116 cm³/mol. The first-order valence-electron chi connectivity index (χ1n) is 9.86. The van der Waals surface area contributed by atoms with Gasteiger partial charge in [0.15, 0.2) is 0 Å². The lowest BCUT2D eigenvalue weighted by Crippen LogP contribution is -2.33. The average Bonchev–Trinajstić information content (AvgIpc) is 3.00. The summed E-state index contributed by atoms with van der Waals surface area (Å²) in [5.41, 5.74) is 4.68. The second-order valence-electron chi connectivity index (χ2n) is 7.48. The number of benzene rings is 2. The van der Waals surface area contributed by atoms with Gasteiger partial charge < -0.3 is 4.90 Å². The Bertz CT molecular complexity index is 1090. The number of likely N-dealkylation sites (N-methyl/N-ethyl adjacent to an activating group) is 1. The van der Waals surface area contributed by atoms with Crippen LogP contribution in [0, 0.1) is 6.92 Å². The predicted octanol–water partition coefficient (Wildman–Crippen LogP) is 3.80. The second-order valence-corrected chi connectivity index (χ2v) is 7.48. The van der Waals surface area contributed by atoms with Crippen LogP contribution in [0.5, 0.6) is 0 Å². The normalized spacial score (nSPS) is 13.9. The first-order valence-corrected chi connectivity index (χ1v) is 9.86. The molecule has 0 unspecified atom stereocenters. The molecule has 1 aliphatic heterocycles. The molecule has 0 spiro atoms. The number of aryl methyl sites for hydroxylation is 1. The van der Waals surface area contributed by atoms with Gasteiger partial charge in [-0.3, -0.25) is 19.5 Å². The van der Waals surface area contributed by atoms with Crippen LogP contribution in [0.15, 0.2) is 84.8 Å². The standard InChI is InChI=1S/C25H23N3O2/c1-18-8-10-21(11-9-18)22-23(27(2)16-19-6-4-3-5-7-19)25(30)28(24(22)29)17-20-12-14-26-15-13-20/h3-15H,16-17H2,1-2H3. The Labute approximate surface area is 176 Å². The molecule has 5 nitrogen and oxygen atoms in total. The zero-order valence-electron chi connectivity index (χ0n) is 17.1. The van der Waals surface area contributed by atoms with E-state index in [2.05, 4.69) is 4.98 Å². The molecule has 0 aliphatic carbocycles. The first kappa shape index (κ1) is 19.6. The van der Waals surface area contributed by atoms with E-state index in [1.54, 1.807) is 12.4 Å². The van der Waals surface area contributed by atoms with Crippen molar-refractivity contribution in [3.05, 3.63) is 107 Å². The summed E-state index contributed by atoms with van der Waals surface area (Å²) in [5.74, 6) is -0.540. The van der Waals surface area contributed by atoms with Gasteiger partial charge >= 0.3 is 0 Å². The number of aromatic nitrogens is 1. The van der Waals surface area contributed by atoms with E-state index in [-0.39, 0.29) is 18.4 Å². The Morgan fingerprint density at radius 1 is 0.833 bits per heavy atom. The number of hydrogen-bond donors (Lipinski definition) is 0. The lowest BCUT2D eigenvalue weighted by atomic mass is 10.0. The molecule has 0 N–H and O–H groups in total. The number of nitrogens with zero attached hydrogens (tertiary/aromatic N) is 3. The third kappa shape index (κ3) is 3.87. The molecular formula is C25H23N3O2. The molecule has 0 saturated heterocycles. The van der Waals surface area contributed by atoms with Crippen LogP contribution in [-0.4, -0.2) is 33.6 Å². The van der Waals surface area contributed by atoms with Gasteiger partial charge in [-0.25, -0.2) is 0 Å². The van der Waals surface area contributed by atoms with Gasteiger partial charge in [0.05, 0.1) is 12.1 Å². The average molecular weight is 397 g/mol. The fourth-order valence-electron chi connectivity index (χ4n) is 3.65. The number of pyridine rings is 1. The van der Waals surface area contributed by atoms with E-state index >= 15 is 0 Å². The molecule has 30 heavy (non-hydrogen) atoms. The maximum atomic E-state index is 13.4. The third-order valence-corrected chi connectivity index (χ3v) is 5.22. The van der Waals surface area contributed by atoms with Gasteiger partial charge in [-0.2, -0.15) is 0 Å². The van der Waals surface area contributed by atoms with E-state index < -0.39 is 0 Å². The van der Waals surface area contributed by atoms with E-state index in [4.69, 9.17) is 0 Å². The zero-order valence-corrected chi connectivity index (χ0v) is 17.1. The molecular weight excluding hydrogens is 374 g/mol. The molecule has 2 aromatic carbocycles. The molecule has 0 fully saturated rings. The summed E-state index contributed by atoms with van der Waals surface area (Å²) in [6.07, 6.45) is 3.33. The summed E-state index contributed by atoms with van der Waals surface area (Å²) in [6.45, 7) is 2.75. The number of carbonyl (C=O) groups excluding carboxylic acids is 2. The van der Waals surface area contributed by atoms with Crippen LogP contribution in [0.2, 0.25) is 0 Å². The molecule has 1 aliphatic rings. The summed E-state index contributed by atoms with van der Waals surface area (Å²) in [4.78, 5) is 34.0. The zero-order chi connectivity index (χ0) is 21.1. The molecule has 3 aromatic rings. The summed E-state index contributed by atoms with van der Waals surface area (Å²) in [5, 5.41) is 0. The van der Waals surface area contributed by atoms with Gasteiger partial charge in [-0.15, -0.1) is 0 Å². The molecule has 1 aromatic heterocycles. The number of imide groups is 1. The summed E-state index contributed by atoms with van der Waals surface area (Å²) < 4.78 is 0. The van der Waals surface area contributed by atoms with Crippen LogP contribution in [0.4, 0.5) is 0 Å². The van der Waals surface area contributed by atoms with E-state index in [1.165, 1.54) is 4.90 Å². The minimum atomic E-state index is -0.272. The quantitative estimate of drug-likeness (QED) is 0.594. The first-order chi connectivity index (χ1) is 14.5. The number of amides is 2. The number of hydrogen-bond acceptors (Lipinski definition) is 4. The Morgan fingerprint density at radius 3 is 2.17 bits per heavy atom. The maximum absolute atomic E-state index is 13.4. The highest BCUT2D eigenvalue weighted by atomic mass is 16.2. The minimum absolute atomic E-state index is 0.220. The molecule has 150 valence electrons. The van der Waals surface area contributed by atoms with E-state index in [9.17, 15) is 9.59 Å². The van der Waals surface area contributed by atoms with Crippen LogP contribution in [-0.2, 0) is 22.7 Å². The van der Waals surface area contributed by atoms with Crippen molar-refractivity contribution in [2.75, 3.05) is 7.05 Å². The van der Waals surface area contributed by atoms with Gasteiger partial charge in [0.2, 0.25) is 0 Å². The Hall–Kier alpha value is -3.73. The highest BCUT2D eigenvalue weighted by molar-refractivity contribution is 6.35. The topological polar surface area (TPSA) is 53.5 Å². The van der Waals surface area contributed by atoms with E-state index in [0.29, 0.717) is 17.8 Å². The maximum Gasteiger partial charge on any atom is 0.278 e. The highest BCUT2D eigenvalue weighted by Gasteiger charge is 2.40. The van der Waals surface area contributed by atoms with Crippen molar-refractivity contribution in [3.63, 3.8) is 0 Å². The van der Waals surface area contributed by atoms with Crippen LogP contribution >= 0.6 is 0 Å². The van der Waals surface area contributed by atoms with Crippen molar-refractivity contribution in [2.45, 2.75) is 20.0 Å². The van der Waals surface area contributed by atoms with Gasteiger partial charge in [0.1, 0.15) is 5.70 Å². The molecule has 0 radical (unpaired) electrons. The number of rotatable bonds is 6. The van der Waals surface area contributed by atoms with E-state index in [0.717, 1.165) is 22.3 Å². The van der Waals surface area contributed by atoms with Crippen LogP contribution in [0.3, 0.4) is 0 Å². The molecule has 2 heterocycles. The van der Waals surface area contributed by atoms with Crippen molar-refractivity contribution >= 4 is 17.4 Å². The SMILES string of the molecule is Cc1ccc(C2=C(N(C)Cc3ccccc3)C(=O)N(Cc3ccncc3)C2=O)cc1. The molecule has 4 rings (SSSR count). The Balaban J connectivity index is 1.72. The summed E-state index contributed by atoms with van der Waals surface area (Å²) in [6, 6.07) is 21.3. The fourth-order valence-corrected chi connectivity index (χ4v) is 3.65. The Kier molecular flexibility index (Phi) is 5.44.